The van der Waals surface area contributed by atoms with Crippen molar-refractivity contribution >= 4 is 23.2 Å². The fraction of sp³-hybridized carbons (Fsp3) is 0.500. The van der Waals surface area contributed by atoms with E-state index in [1.807, 2.05) is 32.2 Å². The van der Waals surface area contributed by atoms with E-state index in [0.29, 0.717) is 11.5 Å². The van der Waals surface area contributed by atoms with Crippen LogP contribution >= 0.6 is 11.3 Å². The van der Waals surface area contributed by atoms with Gasteiger partial charge in [-0.2, -0.15) is 0 Å². The number of nitrogens with zero attached hydrogens (tertiary/aromatic N) is 1. The molecule has 1 unspecified atom stereocenters. The summed E-state index contributed by atoms with van der Waals surface area (Å²) in [6.07, 6.45) is 1.39. The second-order valence-corrected chi connectivity index (χ2v) is 9.60. The van der Waals surface area contributed by atoms with Gasteiger partial charge in [0.1, 0.15) is 5.01 Å². The van der Waals surface area contributed by atoms with Crippen molar-refractivity contribution in [2.24, 2.45) is 5.41 Å². The number of amides is 2. The molecule has 1 fully saturated rings. The zero-order chi connectivity index (χ0) is 21.0. The van der Waals surface area contributed by atoms with Gasteiger partial charge in [-0.25, -0.2) is 4.98 Å². The number of carbonyl (C=O) groups excluding carboxylic acids is 2. The Bertz CT molecular complexity index is 840. The molecular weight excluding hydrogens is 386 g/mol. The summed E-state index contributed by atoms with van der Waals surface area (Å²) in [5.74, 6) is -0.00670. The molecule has 1 heterocycles. The molecule has 1 aromatic carbocycles. The predicted octanol–water partition coefficient (Wildman–Crippen LogP) is 2.94. The van der Waals surface area contributed by atoms with Crippen LogP contribution in [-0.2, 0) is 16.0 Å². The molecule has 2 aromatic rings. The Hall–Kier alpha value is -2.25. The normalized spacial score (nSPS) is 16.1. The van der Waals surface area contributed by atoms with Gasteiger partial charge in [-0.1, -0.05) is 51.1 Å². The van der Waals surface area contributed by atoms with Crippen LogP contribution in [0, 0.1) is 5.41 Å². The molecule has 0 aliphatic heterocycles. The van der Waals surface area contributed by atoms with Gasteiger partial charge in [-0.15, -0.1) is 11.3 Å². The van der Waals surface area contributed by atoms with Crippen LogP contribution in [-0.4, -0.2) is 34.5 Å². The first kappa shape index (κ1) is 21.5. The number of aliphatic hydroxyl groups excluding tert-OH is 1. The van der Waals surface area contributed by atoms with E-state index in [2.05, 4.69) is 15.6 Å². The molecule has 1 aromatic heterocycles. The van der Waals surface area contributed by atoms with Crippen LogP contribution in [0.1, 0.15) is 61.9 Å². The first-order chi connectivity index (χ1) is 13.7. The maximum atomic E-state index is 12.5. The summed E-state index contributed by atoms with van der Waals surface area (Å²) in [6.45, 7) is 6.25. The Morgan fingerprint density at radius 1 is 1.24 bits per heavy atom. The number of thiazole rings is 1. The van der Waals surface area contributed by atoms with E-state index in [1.54, 1.807) is 24.3 Å². The number of aliphatic hydroxyl groups is 1. The van der Waals surface area contributed by atoms with Crippen LogP contribution < -0.4 is 10.6 Å². The minimum Gasteiger partial charge on any atom is -0.378 e. The van der Waals surface area contributed by atoms with Gasteiger partial charge < -0.3 is 15.7 Å². The molecule has 1 saturated carbocycles. The van der Waals surface area contributed by atoms with Crippen LogP contribution in [0.5, 0.6) is 0 Å². The fourth-order valence-electron chi connectivity index (χ4n) is 3.00. The first-order valence-electron chi connectivity index (χ1n) is 9.98. The minimum absolute atomic E-state index is 0.117. The van der Waals surface area contributed by atoms with Crippen molar-refractivity contribution in [3.05, 3.63) is 52.0 Å². The smallest absolute Gasteiger partial charge is 0.253 e. The van der Waals surface area contributed by atoms with Gasteiger partial charge >= 0.3 is 0 Å². The number of rotatable bonds is 8. The van der Waals surface area contributed by atoms with E-state index >= 15 is 0 Å². The Morgan fingerprint density at radius 3 is 2.55 bits per heavy atom. The summed E-state index contributed by atoms with van der Waals surface area (Å²) in [7, 11) is 0. The number of aromatic nitrogens is 1. The predicted molar refractivity (Wildman–Crippen MR) is 114 cm³/mol. The van der Waals surface area contributed by atoms with Crippen LogP contribution in [0.4, 0.5) is 0 Å². The average molecular weight is 416 g/mol. The SMILES string of the molecule is CC(C)(C)C(CNC(=O)Cc1nc(C2CC2)cs1)NC(=O)[C@@H](O)c1ccccc1. The summed E-state index contributed by atoms with van der Waals surface area (Å²) in [5, 5.41) is 19.0. The second kappa shape index (κ2) is 9.05. The van der Waals surface area contributed by atoms with E-state index in [1.165, 1.54) is 24.2 Å². The van der Waals surface area contributed by atoms with E-state index in [-0.39, 0.29) is 30.3 Å². The molecule has 1 aliphatic carbocycles. The maximum Gasteiger partial charge on any atom is 0.253 e. The van der Waals surface area contributed by atoms with Crippen molar-refractivity contribution in [3.8, 4) is 0 Å². The average Bonchev–Trinajstić information content (AvgIpc) is 3.43. The third kappa shape index (κ3) is 6.11. The van der Waals surface area contributed by atoms with Crippen LogP contribution in [0.25, 0.3) is 0 Å². The van der Waals surface area contributed by atoms with Gasteiger partial charge in [-0.3, -0.25) is 9.59 Å². The maximum absolute atomic E-state index is 12.5. The van der Waals surface area contributed by atoms with Crippen molar-refractivity contribution < 1.29 is 14.7 Å². The molecule has 1 aliphatic rings. The van der Waals surface area contributed by atoms with E-state index in [4.69, 9.17) is 0 Å². The van der Waals surface area contributed by atoms with Gasteiger partial charge in [0.05, 0.1) is 18.2 Å². The zero-order valence-electron chi connectivity index (χ0n) is 17.1. The number of carbonyl (C=O) groups is 2. The van der Waals surface area contributed by atoms with Crippen molar-refractivity contribution in [1.29, 1.82) is 0 Å². The number of benzene rings is 1. The van der Waals surface area contributed by atoms with Gasteiger partial charge in [0.15, 0.2) is 6.10 Å². The summed E-state index contributed by atoms with van der Waals surface area (Å²) in [6, 6.07) is 8.48. The van der Waals surface area contributed by atoms with E-state index in [9.17, 15) is 14.7 Å². The second-order valence-electron chi connectivity index (χ2n) is 8.66. The highest BCUT2D eigenvalue weighted by atomic mass is 32.1. The Kier molecular flexibility index (Phi) is 6.70. The van der Waals surface area contributed by atoms with Crippen molar-refractivity contribution in [1.82, 2.24) is 15.6 Å². The Morgan fingerprint density at radius 2 is 1.93 bits per heavy atom. The Labute approximate surface area is 175 Å². The number of hydrogen-bond acceptors (Lipinski definition) is 5. The lowest BCUT2D eigenvalue weighted by Gasteiger charge is -2.32. The molecule has 6 nitrogen and oxygen atoms in total. The van der Waals surface area contributed by atoms with Crippen molar-refractivity contribution in [3.63, 3.8) is 0 Å². The van der Waals surface area contributed by atoms with Crippen molar-refractivity contribution in [2.45, 2.75) is 58.1 Å². The van der Waals surface area contributed by atoms with Gasteiger partial charge in [0.2, 0.25) is 5.91 Å². The van der Waals surface area contributed by atoms with Crippen LogP contribution in [0.15, 0.2) is 35.7 Å². The lowest BCUT2D eigenvalue weighted by atomic mass is 9.86. The molecule has 3 rings (SSSR count). The molecule has 0 saturated heterocycles. The highest BCUT2D eigenvalue weighted by molar-refractivity contribution is 7.09. The summed E-state index contributed by atoms with van der Waals surface area (Å²) >= 11 is 1.52. The molecule has 0 radical (unpaired) electrons. The van der Waals surface area contributed by atoms with E-state index < -0.39 is 12.0 Å². The molecular formula is C22H29N3O3S. The monoisotopic (exact) mass is 415 g/mol. The summed E-state index contributed by atoms with van der Waals surface area (Å²) < 4.78 is 0. The third-order valence-corrected chi connectivity index (χ3v) is 5.97. The summed E-state index contributed by atoms with van der Waals surface area (Å²) in [4.78, 5) is 29.4. The minimum atomic E-state index is -1.24. The lowest BCUT2D eigenvalue weighted by molar-refractivity contribution is -0.131. The molecule has 3 N–H and O–H groups in total. The largest absolute Gasteiger partial charge is 0.378 e. The van der Waals surface area contributed by atoms with Gasteiger partial charge in [-0.05, 0) is 23.8 Å². The van der Waals surface area contributed by atoms with Gasteiger partial charge in [0, 0.05) is 17.8 Å². The summed E-state index contributed by atoms with van der Waals surface area (Å²) in [5.41, 5.74) is 1.35. The molecule has 0 spiro atoms. The Balaban J connectivity index is 1.54. The molecule has 2 atom stereocenters. The van der Waals surface area contributed by atoms with Crippen LogP contribution in [0.2, 0.25) is 0 Å². The zero-order valence-corrected chi connectivity index (χ0v) is 18.0. The number of hydrogen-bond donors (Lipinski definition) is 3. The quantitative estimate of drug-likeness (QED) is 0.618. The lowest BCUT2D eigenvalue weighted by Crippen LogP contribution is -2.52. The molecule has 29 heavy (non-hydrogen) atoms. The topological polar surface area (TPSA) is 91.3 Å². The molecule has 156 valence electrons. The van der Waals surface area contributed by atoms with E-state index in [0.717, 1.165) is 10.7 Å². The standard InChI is InChI=1S/C22H29N3O3S/c1-22(2,3)17(25-21(28)20(27)15-7-5-4-6-8-15)12-23-18(26)11-19-24-16(13-29-19)14-9-10-14/h4-8,13-14,17,20,27H,9-12H2,1-3H3,(H,23,26)(H,25,28)/t17?,20-/m0/s1. The fourth-order valence-corrected chi connectivity index (χ4v) is 3.87. The highest BCUT2D eigenvalue weighted by Crippen LogP contribution is 2.40. The molecule has 2 amide bonds. The highest BCUT2D eigenvalue weighted by Gasteiger charge is 2.30. The molecule has 0 bridgehead atoms. The third-order valence-electron chi connectivity index (χ3n) is 5.11. The van der Waals surface area contributed by atoms with Crippen LogP contribution in [0.3, 0.4) is 0 Å². The van der Waals surface area contributed by atoms with Gasteiger partial charge in [0.25, 0.3) is 5.91 Å². The first-order valence-corrected chi connectivity index (χ1v) is 10.9. The number of nitrogens with one attached hydrogen (secondary N) is 2. The molecule has 7 heteroatoms. The van der Waals surface area contributed by atoms with Crippen molar-refractivity contribution in [2.75, 3.05) is 6.54 Å².